The molecule has 0 radical (unpaired) electrons. The van der Waals surface area contributed by atoms with Gasteiger partial charge in [0.25, 0.3) is 5.91 Å². The number of benzene rings is 1. The summed E-state index contributed by atoms with van der Waals surface area (Å²) in [7, 11) is 0. The second kappa shape index (κ2) is 6.01. The molecule has 0 aliphatic carbocycles. The summed E-state index contributed by atoms with van der Waals surface area (Å²) in [4.78, 5) is 30.9. The molecule has 1 N–H and O–H groups in total. The van der Waals surface area contributed by atoms with E-state index in [9.17, 15) is 14.0 Å². The first-order chi connectivity index (χ1) is 12.1. The van der Waals surface area contributed by atoms with Crippen LogP contribution in [0.2, 0.25) is 0 Å². The van der Waals surface area contributed by atoms with Gasteiger partial charge >= 0.3 is 0 Å². The number of aromatic nitrogens is 2. The van der Waals surface area contributed by atoms with Crippen LogP contribution in [0.15, 0.2) is 55.0 Å². The minimum Gasteiger partial charge on any atom is -0.352 e. The molecule has 1 aromatic carbocycles. The van der Waals surface area contributed by atoms with Crippen molar-refractivity contribution in [3.63, 3.8) is 0 Å². The summed E-state index contributed by atoms with van der Waals surface area (Å²) < 4.78 is 16.0. The number of amides is 2. The summed E-state index contributed by atoms with van der Waals surface area (Å²) >= 11 is 0. The van der Waals surface area contributed by atoms with Crippen molar-refractivity contribution in [2.75, 3.05) is 13.1 Å². The number of nitrogens with zero attached hydrogens (tertiary/aromatic N) is 3. The highest BCUT2D eigenvalue weighted by Gasteiger charge is 2.36. The monoisotopic (exact) mass is 338 g/mol. The van der Waals surface area contributed by atoms with Gasteiger partial charge in [-0.25, -0.2) is 9.37 Å². The maximum absolute atomic E-state index is 14.2. The second-order valence-electron chi connectivity index (χ2n) is 5.82. The Hall–Kier alpha value is -3.22. The minimum atomic E-state index is -0.985. The Labute approximate surface area is 142 Å². The van der Waals surface area contributed by atoms with Crippen LogP contribution in [0, 0.1) is 5.82 Å². The van der Waals surface area contributed by atoms with Crippen LogP contribution >= 0.6 is 0 Å². The molecule has 1 fully saturated rings. The largest absolute Gasteiger partial charge is 0.352 e. The Morgan fingerprint density at radius 1 is 1.24 bits per heavy atom. The predicted molar refractivity (Wildman–Crippen MR) is 88.4 cm³/mol. The van der Waals surface area contributed by atoms with E-state index in [1.54, 1.807) is 47.3 Å². The molecule has 0 spiro atoms. The molecule has 6 nitrogen and oxygen atoms in total. The Morgan fingerprint density at radius 2 is 2.08 bits per heavy atom. The number of carbonyl (C=O) groups excluding carboxylic acids is 2. The molecular weight excluding hydrogens is 323 g/mol. The molecule has 25 heavy (non-hydrogen) atoms. The van der Waals surface area contributed by atoms with Gasteiger partial charge < -0.3 is 14.6 Å². The average molecular weight is 338 g/mol. The summed E-state index contributed by atoms with van der Waals surface area (Å²) in [6.07, 6.45) is 5.04. The number of carbonyl (C=O) groups is 2. The van der Waals surface area contributed by atoms with E-state index in [1.807, 2.05) is 0 Å². The lowest BCUT2D eigenvalue weighted by atomic mass is 10.0. The predicted octanol–water partition coefficient (Wildman–Crippen LogP) is 1.79. The SMILES string of the molecule is O=C1NCCN(C(=O)c2ccc3nccn3c2)C1c1ccccc1F. The van der Waals surface area contributed by atoms with Gasteiger partial charge in [-0.15, -0.1) is 0 Å². The number of hydrogen-bond donors (Lipinski definition) is 1. The summed E-state index contributed by atoms with van der Waals surface area (Å²) in [5.74, 6) is -1.21. The topological polar surface area (TPSA) is 66.7 Å². The van der Waals surface area contributed by atoms with E-state index in [-0.39, 0.29) is 17.4 Å². The number of piperazine rings is 1. The van der Waals surface area contributed by atoms with Gasteiger partial charge in [-0.3, -0.25) is 9.59 Å². The number of rotatable bonds is 2. The fourth-order valence-corrected chi connectivity index (χ4v) is 3.10. The molecule has 3 heterocycles. The van der Waals surface area contributed by atoms with E-state index in [4.69, 9.17) is 0 Å². The van der Waals surface area contributed by atoms with Crippen LogP contribution in [0.4, 0.5) is 4.39 Å². The zero-order valence-corrected chi connectivity index (χ0v) is 13.2. The van der Waals surface area contributed by atoms with Gasteiger partial charge in [0.2, 0.25) is 5.91 Å². The third-order valence-corrected chi connectivity index (χ3v) is 4.31. The molecule has 1 unspecified atom stereocenters. The number of nitrogens with one attached hydrogen (secondary N) is 1. The van der Waals surface area contributed by atoms with E-state index in [0.717, 1.165) is 5.65 Å². The third kappa shape index (κ3) is 2.63. The van der Waals surface area contributed by atoms with Crippen molar-refractivity contribution in [2.24, 2.45) is 0 Å². The van der Waals surface area contributed by atoms with Gasteiger partial charge in [-0.1, -0.05) is 18.2 Å². The van der Waals surface area contributed by atoms with E-state index in [0.29, 0.717) is 18.7 Å². The first kappa shape index (κ1) is 15.3. The zero-order chi connectivity index (χ0) is 17.4. The fraction of sp³-hybridized carbons (Fsp3) is 0.167. The van der Waals surface area contributed by atoms with Gasteiger partial charge in [-0.2, -0.15) is 0 Å². The minimum absolute atomic E-state index is 0.191. The average Bonchev–Trinajstić information content (AvgIpc) is 3.09. The Morgan fingerprint density at radius 3 is 2.92 bits per heavy atom. The first-order valence-corrected chi connectivity index (χ1v) is 7.91. The van der Waals surface area contributed by atoms with Gasteiger partial charge in [-0.05, 0) is 18.2 Å². The molecule has 126 valence electrons. The van der Waals surface area contributed by atoms with E-state index in [1.165, 1.54) is 17.0 Å². The van der Waals surface area contributed by atoms with Gasteiger partial charge in [0, 0.05) is 37.2 Å². The van der Waals surface area contributed by atoms with Crippen LogP contribution in [-0.2, 0) is 4.79 Å². The van der Waals surface area contributed by atoms with Crippen molar-refractivity contribution in [3.05, 3.63) is 71.9 Å². The van der Waals surface area contributed by atoms with Crippen molar-refractivity contribution in [1.82, 2.24) is 19.6 Å². The maximum Gasteiger partial charge on any atom is 0.256 e. The molecule has 1 aliphatic rings. The second-order valence-corrected chi connectivity index (χ2v) is 5.82. The highest BCUT2D eigenvalue weighted by Crippen LogP contribution is 2.27. The molecule has 2 aromatic heterocycles. The molecule has 4 rings (SSSR count). The maximum atomic E-state index is 14.2. The lowest BCUT2D eigenvalue weighted by molar-refractivity contribution is -0.128. The normalized spacial score (nSPS) is 17.6. The van der Waals surface area contributed by atoms with Gasteiger partial charge in [0.15, 0.2) is 0 Å². The third-order valence-electron chi connectivity index (χ3n) is 4.31. The molecule has 1 aliphatic heterocycles. The van der Waals surface area contributed by atoms with Crippen molar-refractivity contribution < 1.29 is 14.0 Å². The van der Waals surface area contributed by atoms with Crippen molar-refractivity contribution in [2.45, 2.75) is 6.04 Å². The Kier molecular flexibility index (Phi) is 3.68. The Balaban J connectivity index is 1.74. The smallest absolute Gasteiger partial charge is 0.256 e. The van der Waals surface area contributed by atoms with Crippen LogP contribution in [0.3, 0.4) is 0 Å². The van der Waals surface area contributed by atoms with Crippen LogP contribution in [0.25, 0.3) is 5.65 Å². The number of hydrogen-bond acceptors (Lipinski definition) is 3. The van der Waals surface area contributed by atoms with Crippen LogP contribution in [-0.4, -0.2) is 39.2 Å². The lowest BCUT2D eigenvalue weighted by Gasteiger charge is -2.35. The zero-order valence-electron chi connectivity index (χ0n) is 13.2. The highest BCUT2D eigenvalue weighted by atomic mass is 19.1. The molecule has 1 saturated heterocycles. The summed E-state index contributed by atoms with van der Waals surface area (Å²) in [5.41, 5.74) is 1.33. The molecule has 3 aromatic rings. The highest BCUT2D eigenvalue weighted by molar-refractivity contribution is 5.98. The molecule has 2 amide bonds. The van der Waals surface area contributed by atoms with Crippen molar-refractivity contribution in [1.29, 1.82) is 0 Å². The lowest BCUT2D eigenvalue weighted by Crippen LogP contribution is -2.52. The molecule has 0 bridgehead atoms. The Bertz CT molecular complexity index is 968. The van der Waals surface area contributed by atoms with Crippen LogP contribution < -0.4 is 5.32 Å². The molecular formula is C18H15FN4O2. The summed E-state index contributed by atoms with van der Waals surface area (Å²) in [6, 6.07) is 8.44. The summed E-state index contributed by atoms with van der Waals surface area (Å²) in [5, 5.41) is 2.70. The van der Waals surface area contributed by atoms with Gasteiger partial charge in [0.05, 0.1) is 5.56 Å². The van der Waals surface area contributed by atoms with Crippen LogP contribution in [0.1, 0.15) is 22.0 Å². The number of imidazole rings is 1. The van der Waals surface area contributed by atoms with E-state index >= 15 is 0 Å². The van der Waals surface area contributed by atoms with Gasteiger partial charge in [0.1, 0.15) is 17.5 Å². The summed E-state index contributed by atoms with van der Waals surface area (Å²) in [6.45, 7) is 0.647. The number of halogens is 1. The quantitative estimate of drug-likeness (QED) is 0.775. The van der Waals surface area contributed by atoms with E-state index < -0.39 is 11.9 Å². The fourth-order valence-electron chi connectivity index (χ4n) is 3.10. The van der Waals surface area contributed by atoms with E-state index in [2.05, 4.69) is 10.3 Å². The molecule has 1 atom stereocenters. The van der Waals surface area contributed by atoms with Crippen molar-refractivity contribution >= 4 is 17.5 Å². The van der Waals surface area contributed by atoms with Crippen LogP contribution in [0.5, 0.6) is 0 Å². The number of fused-ring (bicyclic) bond motifs is 1. The first-order valence-electron chi connectivity index (χ1n) is 7.91. The van der Waals surface area contributed by atoms with Crippen molar-refractivity contribution in [3.8, 4) is 0 Å². The molecule has 7 heteroatoms. The number of pyridine rings is 1. The molecule has 0 saturated carbocycles. The standard InChI is InChI=1S/C18H15FN4O2/c19-14-4-2-1-3-13(14)16-17(24)21-8-10-23(16)18(25)12-5-6-15-20-7-9-22(15)11-12/h1-7,9,11,16H,8,10H2,(H,21,24).